The monoisotopic (exact) mass is 442 g/mol. The van der Waals surface area contributed by atoms with Crippen LogP contribution in [0.15, 0.2) is 53.3 Å². The first-order chi connectivity index (χ1) is 16.0. The third-order valence-corrected chi connectivity index (χ3v) is 7.29. The number of rotatable bonds is 4. The zero-order valence-electron chi connectivity index (χ0n) is 20.1. The van der Waals surface area contributed by atoms with E-state index in [1.165, 1.54) is 43.2 Å². The third-order valence-electron chi connectivity index (χ3n) is 7.29. The average molecular weight is 443 g/mol. The molecule has 1 aliphatic carbocycles. The van der Waals surface area contributed by atoms with Gasteiger partial charge in [-0.25, -0.2) is 4.98 Å². The van der Waals surface area contributed by atoms with E-state index in [2.05, 4.69) is 54.0 Å². The van der Waals surface area contributed by atoms with Crippen LogP contribution in [0.2, 0.25) is 0 Å². The topological polar surface area (TPSA) is 41.4 Å². The lowest BCUT2D eigenvalue weighted by Crippen LogP contribution is -2.52. The summed E-state index contributed by atoms with van der Waals surface area (Å²) in [5.41, 5.74) is 6.47. The Morgan fingerprint density at radius 2 is 1.70 bits per heavy atom. The predicted molar refractivity (Wildman–Crippen MR) is 134 cm³/mol. The van der Waals surface area contributed by atoms with Crippen molar-refractivity contribution in [1.82, 2.24) is 14.5 Å². The summed E-state index contributed by atoms with van der Waals surface area (Å²) in [5, 5.41) is 0. The Kier molecular flexibility index (Phi) is 6.07. The van der Waals surface area contributed by atoms with Crippen molar-refractivity contribution < 1.29 is 0 Å². The second-order valence-electron chi connectivity index (χ2n) is 9.75. The zero-order valence-corrected chi connectivity index (χ0v) is 20.1. The summed E-state index contributed by atoms with van der Waals surface area (Å²) in [7, 11) is 0. The Balaban J connectivity index is 1.61. The standard InChI is InChI=1S/C28H34N4O/c1-20-14-15-26(21(2)16-20)31-18-30(24-12-8-5-9-13-24)19-32-27(33)25(22(3)29-28(31)32)17-23-10-6-4-7-11-23/h4,6-7,10-11,14-16,24H,5,8-9,12-13,17-19H2,1-3H3. The minimum atomic E-state index is 0.0941. The maximum atomic E-state index is 13.9. The van der Waals surface area contributed by atoms with Crippen molar-refractivity contribution >= 4 is 11.6 Å². The largest absolute Gasteiger partial charge is 0.298 e. The molecule has 5 heteroatoms. The first-order valence-corrected chi connectivity index (χ1v) is 12.2. The predicted octanol–water partition coefficient (Wildman–Crippen LogP) is 5.46. The number of hydrogen-bond donors (Lipinski definition) is 0. The van der Waals surface area contributed by atoms with Crippen LogP contribution in [-0.2, 0) is 13.1 Å². The van der Waals surface area contributed by atoms with Crippen LogP contribution in [0.1, 0.15) is 60.1 Å². The number of hydrogen-bond acceptors (Lipinski definition) is 4. The van der Waals surface area contributed by atoms with E-state index in [0.29, 0.717) is 19.1 Å². The van der Waals surface area contributed by atoms with Crippen LogP contribution in [0.25, 0.3) is 0 Å². The van der Waals surface area contributed by atoms with Gasteiger partial charge in [-0.2, -0.15) is 0 Å². The quantitative estimate of drug-likeness (QED) is 0.538. The van der Waals surface area contributed by atoms with Crippen LogP contribution >= 0.6 is 0 Å². The molecule has 0 amide bonds. The van der Waals surface area contributed by atoms with Gasteiger partial charge in [0.15, 0.2) is 0 Å². The number of aryl methyl sites for hydroxylation is 3. The van der Waals surface area contributed by atoms with Gasteiger partial charge in [-0.3, -0.25) is 19.2 Å². The van der Waals surface area contributed by atoms with Crippen LogP contribution in [0.5, 0.6) is 0 Å². The number of anilines is 2. The highest BCUT2D eigenvalue weighted by atomic mass is 16.1. The molecule has 0 radical (unpaired) electrons. The number of aromatic nitrogens is 2. The smallest absolute Gasteiger partial charge is 0.259 e. The van der Waals surface area contributed by atoms with Crippen molar-refractivity contribution in [2.24, 2.45) is 0 Å². The lowest BCUT2D eigenvalue weighted by Gasteiger charge is -2.43. The highest BCUT2D eigenvalue weighted by Crippen LogP contribution is 2.33. The fraction of sp³-hybridized carbons (Fsp3) is 0.429. The Morgan fingerprint density at radius 3 is 2.42 bits per heavy atom. The van der Waals surface area contributed by atoms with E-state index >= 15 is 0 Å². The Labute approximate surface area is 196 Å². The molecule has 5 nitrogen and oxygen atoms in total. The van der Waals surface area contributed by atoms with Crippen molar-refractivity contribution in [1.29, 1.82) is 0 Å². The molecule has 1 aliphatic heterocycles. The second-order valence-corrected chi connectivity index (χ2v) is 9.75. The molecule has 5 rings (SSSR count). The van der Waals surface area contributed by atoms with Crippen molar-refractivity contribution in [2.45, 2.75) is 72.0 Å². The fourth-order valence-electron chi connectivity index (χ4n) is 5.46. The van der Waals surface area contributed by atoms with Gasteiger partial charge >= 0.3 is 0 Å². The summed E-state index contributed by atoms with van der Waals surface area (Å²) in [5.74, 6) is 0.772. The SMILES string of the molecule is Cc1ccc(N2CN(C3CCCCC3)Cn3c2nc(C)c(Cc2ccccc2)c3=O)c(C)c1. The van der Waals surface area contributed by atoms with E-state index in [1.807, 2.05) is 29.7 Å². The highest BCUT2D eigenvalue weighted by molar-refractivity contribution is 5.63. The number of benzene rings is 2. The summed E-state index contributed by atoms with van der Waals surface area (Å²) in [4.78, 5) is 23.6. The lowest BCUT2D eigenvalue weighted by molar-refractivity contribution is 0.107. The highest BCUT2D eigenvalue weighted by Gasteiger charge is 2.32. The molecule has 0 saturated heterocycles. The van der Waals surface area contributed by atoms with Gasteiger partial charge in [0.2, 0.25) is 5.95 Å². The average Bonchev–Trinajstić information content (AvgIpc) is 2.83. The van der Waals surface area contributed by atoms with Gasteiger partial charge in [-0.15, -0.1) is 0 Å². The van der Waals surface area contributed by atoms with Gasteiger partial charge in [0.1, 0.15) is 0 Å². The van der Waals surface area contributed by atoms with E-state index in [-0.39, 0.29) is 5.56 Å². The molecule has 2 aliphatic rings. The molecular formula is C28H34N4O. The number of nitrogens with zero attached hydrogens (tertiary/aromatic N) is 4. The van der Waals surface area contributed by atoms with E-state index in [0.717, 1.165) is 35.1 Å². The summed E-state index contributed by atoms with van der Waals surface area (Å²) in [6.07, 6.45) is 6.91. The molecule has 172 valence electrons. The normalized spacial score (nSPS) is 17.2. The summed E-state index contributed by atoms with van der Waals surface area (Å²) in [6.45, 7) is 7.65. The fourth-order valence-corrected chi connectivity index (χ4v) is 5.46. The van der Waals surface area contributed by atoms with Crippen LogP contribution in [0, 0.1) is 20.8 Å². The van der Waals surface area contributed by atoms with Gasteiger partial charge in [0, 0.05) is 23.7 Å². The van der Waals surface area contributed by atoms with Crippen molar-refractivity contribution in [2.75, 3.05) is 11.6 Å². The minimum absolute atomic E-state index is 0.0941. The zero-order chi connectivity index (χ0) is 22.9. The summed E-state index contributed by atoms with van der Waals surface area (Å²) < 4.78 is 1.92. The summed E-state index contributed by atoms with van der Waals surface area (Å²) >= 11 is 0. The molecule has 3 aromatic rings. The molecule has 33 heavy (non-hydrogen) atoms. The Hall–Kier alpha value is -2.92. The minimum Gasteiger partial charge on any atom is -0.298 e. The maximum absolute atomic E-state index is 13.9. The van der Waals surface area contributed by atoms with E-state index in [4.69, 9.17) is 4.98 Å². The Morgan fingerprint density at radius 1 is 0.939 bits per heavy atom. The van der Waals surface area contributed by atoms with Crippen LogP contribution in [0.3, 0.4) is 0 Å². The van der Waals surface area contributed by atoms with Crippen molar-refractivity contribution in [3.05, 3.63) is 86.8 Å². The molecule has 0 bridgehead atoms. The van der Waals surface area contributed by atoms with E-state index in [9.17, 15) is 4.79 Å². The van der Waals surface area contributed by atoms with Gasteiger partial charge in [-0.1, -0.05) is 67.3 Å². The number of fused-ring (bicyclic) bond motifs is 1. The maximum Gasteiger partial charge on any atom is 0.259 e. The van der Waals surface area contributed by atoms with E-state index < -0.39 is 0 Å². The van der Waals surface area contributed by atoms with Crippen molar-refractivity contribution in [3.8, 4) is 0 Å². The molecule has 0 spiro atoms. The molecule has 0 atom stereocenters. The molecule has 1 saturated carbocycles. The molecular weight excluding hydrogens is 408 g/mol. The van der Waals surface area contributed by atoms with Gasteiger partial charge < -0.3 is 0 Å². The molecule has 1 aromatic heterocycles. The van der Waals surface area contributed by atoms with Crippen LogP contribution in [0.4, 0.5) is 11.6 Å². The first-order valence-electron chi connectivity index (χ1n) is 12.2. The van der Waals surface area contributed by atoms with Crippen LogP contribution < -0.4 is 10.5 Å². The van der Waals surface area contributed by atoms with Crippen LogP contribution in [-0.4, -0.2) is 27.2 Å². The van der Waals surface area contributed by atoms with E-state index in [1.54, 1.807) is 0 Å². The summed E-state index contributed by atoms with van der Waals surface area (Å²) in [6, 6.07) is 17.3. The lowest BCUT2D eigenvalue weighted by atomic mass is 9.94. The molecule has 1 fully saturated rings. The molecule has 0 unspecified atom stereocenters. The van der Waals surface area contributed by atoms with Gasteiger partial charge in [-0.05, 0) is 50.8 Å². The van der Waals surface area contributed by atoms with Crippen molar-refractivity contribution in [3.63, 3.8) is 0 Å². The molecule has 0 N–H and O–H groups in total. The Bertz CT molecular complexity index is 1190. The first kappa shape index (κ1) is 21.9. The molecule has 2 aromatic carbocycles. The van der Waals surface area contributed by atoms with Gasteiger partial charge in [0.25, 0.3) is 5.56 Å². The molecule has 2 heterocycles. The van der Waals surface area contributed by atoms with Gasteiger partial charge in [0.05, 0.1) is 19.0 Å². The second kappa shape index (κ2) is 9.14. The third kappa shape index (κ3) is 4.34.